The molecule has 1 fully saturated rings. The van der Waals surface area contributed by atoms with Crippen molar-refractivity contribution in [3.8, 4) is 0 Å². The predicted octanol–water partition coefficient (Wildman–Crippen LogP) is 3.73. The fourth-order valence-electron chi connectivity index (χ4n) is 4.49. The molecule has 2 aromatic carbocycles. The summed E-state index contributed by atoms with van der Waals surface area (Å²) in [5.74, 6) is -0.348. The highest BCUT2D eigenvalue weighted by atomic mass is 32.2. The van der Waals surface area contributed by atoms with Crippen LogP contribution in [0.15, 0.2) is 53.9 Å². The molecule has 3 atom stereocenters. The van der Waals surface area contributed by atoms with Gasteiger partial charge in [0.1, 0.15) is 12.0 Å². The van der Waals surface area contributed by atoms with Crippen LogP contribution >= 0.6 is 11.8 Å². The number of amidine groups is 1. The van der Waals surface area contributed by atoms with Gasteiger partial charge in [0.25, 0.3) is 0 Å². The van der Waals surface area contributed by atoms with Gasteiger partial charge in [-0.2, -0.15) is 5.10 Å². The van der Waals surface area contributed by atoms with Gasteiger partial charge in [0.15, 0.2) is 5.17 Å². The number of hydrazone groups is 1. The molecule has 0 spiro atoms. The van der Waals surface area contributed by atoms with Gasteiger partial charge in [-0.15, -0.1) is 0 Å². The molecule has 0 aromatic heterocycles. The quantitative estimate of drug-likeness (QED) is 0.638. The Morgan fingerprint density at radius 2 is 2.00 bits per heavy atom. The first-order chi connectivity index (χ1) is 15.9. The number of rotatable bonds is 4. The molecule has 3 aliphatic rings. The minimum atomic E-state index is -0.333. The third-order valence-electron chi connectivity index (χ3n) is 6.30. The monoisotopic (exact) mass is 466 g/mol. The zero-order valence-electron chi connectivity index (χ0n) is 18.8. The fourth-order valence-corrected chi connectivity index (χ4v) is 5.26. The van der Waals surface area contributed by atoms with Crippen LogP contribution in [0.3, 0.4) is 0 Å². The van der Waals surface area contributed by atoms with E-state index in [4.69, 9.17) is 0 Å². The minimum absolute atomic E-state index is 0.00521. The molecule has 0 bridgehead atoms. The summed E-state index contributed by atoms with van der Waals surface area (Å²) in [5.41, 5.74) is 11.7. The molecule has 172 valence electrons. The van der Waals surface area contributed by atoms with Gasteiger partial charge in [0.05, 0.1) is 17.8 Å². The molecular formula is C24H27FN6OS. The lowest BCUT2D eigenvalue weighted by atomic mass is 9.95. The number of carbonyl (C=O) groups is 1. The van der Waals surface area contributed by atoms with Gasteiger partial charge in [0, 0.05) is 18.1 Å². The standard InChI is InChI=1S/C24H27FN6OS/c1-14-4-5-15(2)18(10-14)20-12-21-23-27-28-24(30(23)8-9-31(21)29-20)33-13-22(32)26-17-7-6-16(3)19(25)11-17/h4-11,20-21,23,27,29H,12-13H2,1-3H3,(H,26,32). The number of benzene rings is 2. The van der Waals surface area contributed by atoms with E-state index >= 15 is 0 Å². The first kappa shape index (κ1) is 21.8. The largest absolute Gasteiger partial charge is 0.325 e. The average Bonchev–Trinajstić information content (AvgIpc) is 3.40. The number of fused-ring (bicyclic) bond motifs is 3. The highest BCUT2D eigenvalue weighted by molar-refractivity contribution is 8.14. The van der Waals surface area contributed by atoms with Crippen molar-refractivity contribution >= 4 is 28.5 Å². The molecule has 1 amide bonds. The number of nitrogens with one attached hydrogen (secondary N) is 3. The van der Waals surface area contributed by atoms with Crippen molar-refractivity contribution in [1.29, 1.82) is 0 Å². The van der Waals surface area contributed by atoms with E-state index < -0.39 is 0 Å². The average molecular weight is 467 g/mol. The summed E-state index contributed by atoms with van der Waals surface area (Å²) < 4.78 is 13.7. The molecule has 5 rings (SSSR count). The van der Waals surface area contributed by atoms with Crippen LogP contribution in [-0.4, -0.2) is 38.9 Å². The molecule has 7 nitrogen and oxygen atoms in total. The van der Waals surface area contributed by atoms with Crippen LogP contribution in [-0.2, 0) is 4.79 Å². The van der Waals surface area contributed by atoms with Crippen molar-refractivity contribution in [2.45, 2.75) is 45.4 Å². The Hall–Kier alpha value is -3.04. The number of carbonyl (C=O) groups excluding carboxylic acids is 1. The number of anilines is 1. The Labute approximate surface area is 197 Å². The first-order valence-electron chi connectivity index (χ1n) is 11.0. The van der Waals surface area contributed by atoms with Crippen molar-refractivity contribution in [3.05, 3.63) is 76.9 Å². The lowest BCUT2D eigenvalue weighted by Gasteiger charge is -2.36. The topological polar surface area (TPSA) is 72.0 Å². The van der Waals surface area contributed by atoms with E-state index in [1.54, 1.807) is 19.1 Å². The zero-order valence-corrected chi connectivity index (χ0v) is 19.6. The molecule has 0 radical (unpaired) electrons. The molecule has 1 saturated heterocycles. The van der Waals surface area contributed by atoms with Crippen LogP contribution in [0.2, 0.25) is 0 Å². The van der Waals surface area contributed by atoms with Gasteiger partial charge >= 0.3 is 0 Å². The Morgan fingerprint density at radius 3 is 2.82 bits per heavy atom. The SMILES string of the molecule is Cc1ccc(C)c(C2CC3C4NN=C(SCC(=O)Nc5ccc(C)c(F)c5)N4C=CN3N2)c1. The number of hydrogen-bond acceptors (Lipinski definition) is 7. The van der Waals surface area contributed by atoms with Crippen molar-refractivity contribution < 1.29 is 9.18 Å². The first-order valence-corrected chi connectivity index (χ1v) is 12.0. The predicted molar refractivity (Wildman–Crippen MR) is 130 cm³/mol. The van der Waals surface area contributed by atoms with E-state index in [2.05, 4.69) is 63.2 Å². The van der Waals surface area contributed by atoms with Gasteiger partial charge in [-0.05, 0) is 56.0 Å². The third kappa shape index (κ3) is 4.30. The Bertz CT molecular complexity index is 1150. The maximum atomic E-state index is 13.7. The summed E-state index contributed by atoms with van der Waals surface area (Å²) in [6.07, 6.45) is 4.95. The highest BCUT2D eigenvalue weighted by Crippen LogP contribution is 2.36. The maximum absolute atomic E-state index is 13.7. The third-order valence-corrected chi connectivity index (χ3v) is 7.27. The summed E-state index contributed by atoms with van der Waals surface area (Å²) >= 11 is 1.36. The minimum Gasteiger partial charge on any atom is -0.325 e. The lowest BCUT2D eigenvalue weighted by molar-refractivity contribution is -0.113. The lowest BCUT2D eigenvalue weighted by Crippen LogP contribution is -2.54. The summed E-state index contributed by atoms with van der Waals surface area (Å²) in [4.78, 5) is 14.5. The molecule has 2 aromatic rings. The highest BCUT2D eigenvalue weighted by Gasteiger charge is 2.44. The molecule has 0 saturated carbocycles. The van der Waals surface area contributed by atoms with Crippen molar-refractivity contribution in [3.63, 3.8) is 0 Å². The Morgan fingerprint density at radius 1 is 1.18 bits per heavy atom. The van der Waals surface area contributed by atoms with Gasteiger partial charge in [-0.25, -0.2) is 9.82 Å². The van der Waals surface area contributed by atoms with Crippen LogP contribution in [0.25, 0.3) is 0 Å². The van der Waals surface area contributed by atoms with Gasteiger partial charge < -0.3 is 15.2 Å². The number of hydrogen-bond donors (Lipinski definition) is 3. The second kappa shape index (κ2) is 8.72. The number of thioether (sulfide) groups is 1. The van der Waals surface area contributed by atoms with Crippen molar-refractivity contribution in [1.82, 2.24) is 20.8 Å². The number of nitrogens with zero attached hydrogens (tertiary/aromatic N) is 3. The van der Waals surface area contributed by atoms with E-state index in [-0.39, 0.29) is 35.7 Å². The van der Waals surface area contributed by atoms with Crippen molar-refractivity contribution in [2.24, 2.45) is 5.10 Å². The maximum Gasteiger partial charge on any atom is 0.234 e. The van der Waals surface area contributed by atoms with E-state index in [1.165, 1.54) is 34.5 Å². The van der Waals surface area contributed by atoms with Crippen LogP contribution in [0, 0.1) is 26.6 Å². The van der Waals surface area contributed by atoms with E-state index in [1.807, 2.05) is 12.4 Å². The van der Waals surface area contributed by atoms with Gasteiger partial charge in [-0.3, -0.25) is 10.2 Å². The van der Waals surface area contributed by atoms with Crippen molar-refractivity contribution in [2.75, 3.05) is 11.1 Å². The number of halogens is 1. The van der Waals surface area contributed by atoms with E-state index in [9.17, 15) is 9.18 Å². The fraction of sp³-hybridized carbons (Fsp3) is 0.333. The van der Waals surface area contributed by atoms with E-state index in [0.717, 1.165) is 11.6 Å². The molecular weight excluding hydrogens is 439 g/mol. The van der Waals surface area contributed by atoms with Crippen LogP contribution < -0.4 is 16.2 Å². The number of amides is 1. The zero-order chi connectivity index (χ0) is 23.1. The molecule has 3 aliphatic heterocycles. The van der Waals surface area contributed by atoms with Crippen LogP contribution in [0.1, 0.15) is 34.7 Å². The van der Waals surface area contributed by atoms with Crippen LogP contribution in [0.4, 0.5) is 10.1 Å². The molecule has 33 heavy (non-hydrogen) atoms. The molecule has 9 heteroatoms. The van der Waals surface area contributed by atoms with E-state index in [0.29, 0.717) is 11.3 Å². The second-order valence-electron chi connectivity index (χ2n) is 8.73. The van der Waals surface area contributed by atoms with Gasteiger partial charge in [-0.1, -0.05) is 41.6 Å². The molecule has 0 aliphatic carbocycles. The molecule has 3 N–H and O–H groups in total. The summed E-state index contributed by atoms with van der Waals surface area (Å²) in [6.45, 7) is 5.96. The summed E-state index contributed by atoms with van der Waals surface area (Å²) in [6, 6.07) is 11.7. The summed E-state index contributed by atoms with van der Waals surface area (Å²) in [7, 11) is 0. The Balaban J connectivity index is 1.20. The molecule has 3 unspecified atom stereocenters. The second-order valence-corrected chi connectivity index (χ2v) is 9.67. The normalized spacial score (nSPS) is 23.2. The number of hydrazine groups is 1. The number of aryl methyl sites for hydroxylation is 3. The smallest absolute Gasteiger partial charge is 0.234 e. The van der Waals surface area contributed by atoms with Crippen LogP contribution in [0.5, 0.6) is 0 Å². The summed E-state index contributed by atoms with van der Waals surface area (Å²) in [5, 5.41) is 10.1. The Kier molecular flexibility index (Phi) is 5.76. The van der Waals surface area contributed by atoms with Gasteiger partial charge in [0.2, 0.25) is 5.91 Å². The molecule has 3 heterocycles.